The van der Waals surface area contributed by atoms with Crippen LogP contribution in [-0.2, 0) is 28.6 Å². The number of hydrogen-bond donors (Lipinski definition) is 0. The van der Waals surface area contributed by atoms with Crippen molar-refractivity contribution in [3.63, 3.8) is 0 Å². The number of unbranched alkanes of at least 4 members (excludes halogenated alkanes) is 1. The number of hydrogen-bond acceptors (Lipinski definition) is 7. The molecular weight excluding hydrogens is 390 g/mol. The molecule has 0 radical (unpaired) electrons. The third kappa shape index (κ3) is 6.33. The van der Waals surface area contributed by atoms with E-state index in [9.17, 15) is 14.8 Å². The second-order valence-corrected chi connectivity index (χ2v) is 8.72. The topological polar surface area (TPSA) is 97.1 Å². The maximum Gasteiger partial charge on any atom is 0.405 e. The summed E-state index contributed by atoms with van der Waals surface area (Å²) in [6.07, 6.45) is 3.32. The van der Waals surface area contributed by atoms with E-state index < -0.39 is 24.1 Å². The largest absolute Gasteiger partial charge is 0.458 e. The van der Waals surface area contributed by atoms with Crippen molar-refractivity contribution in [1.82, 2.24) is 0 Å². The molecule has 2 fully saturated rings. The maximum atomic E-state index is 12.6. The van der Waals surface area contributed by atoms with Gasteiger partial charge in [-0.2, -0.15) is 0 Å². The number of esters is 2. The lowest BCUT2D eigenvalue weighted by Gasteiger charge is -2.38. The zero-order valence-electron chi connectivity index (χ0n) is 18.9. The van der Waals surface area contributed by atoms with Gasteiger partial charge in [-0.1, -0.05) is 40.5 Å². The molecule has 0 aromatic rings. The van der Waals surface area contributed by atoms with Crippen LogP contribution in [0.3, 0.4) is 0 Å². The maximum absolute atomic E-state index is 12.6. The fourth-order valence-corrected chi connectivity index (χ4v) is 4.25. The van der Waals surface area contributed by atoms with Crippen LogP contribution in [0.1, 0.15) is 73.1 Å². The van der Waals surface area contributed by atoms with Gasteiger partial charge in [-0.05, 0) is 43.9 Å². The highest BCUT2D eigenvalue weighted by Crippen LogP contribution is 2.38. The number of nitrogens with zero attached hydrogens (tertiary/aromatic N) is 1. The van der Waals surface area contributed by atoms with Crippen LogP contribution < -0.4 is 0 Å². The fourth-order valence-electron chi connectivity index (χ4n) is 4.25. The molecule has 1 heterocycles. The fraction of sp³-hybridized carbons (Fsp3) is 0.864. The molecule has 0 bridgehead atoms. The van der Waals surface area contributed by atoms with Crippen LogP contribution in [0.5, 0.6) is 0 Å². The van der Waals surface area contributed by atoms with Gasteiger partial charge in [-0.3, -0.25) is 10.0 Å². The highest BCUT2D eigenvalue weighted by atomic mass is 16.9. The lowest BCUT2D eigenvalue weighted by Crippen LogP contribution is -2.43. The molecule has 2 rings (SSSR count). The minimum absolute atomic E-state index is 0.100. The van der Waals surface area contributed by atoms with Gasteiger partial charge in [-0.15, -0.1) is 0 Å². The first-order valence-electron chi connectivity index (χ1n) is 11.3. The van der Waals surface area contributed by atoms with Crippen molar-refractivity contribution < 1.29 is 33.5 Å². The molecule has 0 unspecified atom stereocenters. The van der Waals surface area contributed by atoms with Gasteiger partial charge in [0, 0.05) is 4.90 Å². The van der Waals surface area contributed by atoms with Crippen LogP contribution in [0.25, 0.3) is 0 Å². The molecule has 8 heteroatoms. The summed E-state index contributed by atoms with van der Waals surface area (Å²) in [4.78, 5) is 30.1. The number of carbonyl (C=O) groups is 2. The van der Waals surface area contributed by atoms with Crippen LogP contribution in [-0.4, -0.2) is 48.2 Å². The SMILES string of the molecule is CCCCO/[N+]([O-])=C(\C(=O)OCC)[C@H]1CC(=O)O[C@H]1O[C@H]1C[C@@H](C)CC[C@@H]1C(C)C. The average Bonchev–Trinajstić information content (AvgIpc) is 3.02. The molecule has 0 aromatic carbocycles. The van der Waals surface area contributed by atoms with E-state index in [2.05, 4.69) is 20.8 Å². The summed E-state index contributed by atoms with van der Waals surface area (Å²) in [6, 6.07) is 0. The lowest BCUT2D eigenvalue weighted by molar-refractivity contribution is -0.742. The normalized spacial score (nSPS) is 30.1. The Hall–Kier alpha value is -1.83. The molecule has 0 N–H and O–H groups in total. The first-order valence-corrected chi connectivity index (χ1v) is 11.3. The molecule has 1 aliphatic heterocycles. The lowest BCUT2D eigenvalue weighted by atomic mass is 9.75. The van der Waals surface area contributed by atoms with E-state index >= 15 is 0 Å². The molecule has 1 saturated carbocycles. The molecule has 2 aliphatic rings. The smallest absolute Gasteiger partial charge is 0.405 e. The first-order chi connectivity index (χ1) is 14.3. The first kappa shape index (κ1) is 24.4. The van der Waals surface area contributed by atoms with E-state index in [4.69, 9.17) is 19.0 Å². The Balaban J connectivity index is 2.26. The van der Waals surface area contributed by atoms with E-state index in [1.807, 2.05) is 6.92 Å². The van der Waals surface area contributed by atoms with Gasteiger partial charge in [0.25, 0.3) is 0 Å². The monoisotopic (exact) mass is 427 g/mol. The van der Waals surface area contributed by atoms with Crippen molar-refractivity contribution >= 4 is 17.7 Å². The predicted octanol–water partition coefficient (Wildman–Crippen LogP) is 3.60. The Morgan fingerprint density at radius 3 is 2.67 bits per heavy atom. The van der Waals surface area contributed by atoms with Crippen molar-refractivity contribution in [2.75, 3.05) is 13.2 Å². The van der Waals surface area contributed by atoms with E-state index in [0.717, 1.165) is 25.7 Å². The molecule has 0 amide bonds. The summed E-state index contributed by atoms with van der Waals surface area (Å²) in [7, 11) is 0. The third-order valence-corrected chi connectivity index (χ3v) is 5.97. The second kappa shape index (κ2) is 11.5. The van der Waals surface area contributed by atoms with Crippen LogP contribution in [0.2, 0.25) is 0 Å². The highest BCUT2D eigenvalue weighted by Gasteiger charge is 2.50. The average molecular weight is 428 g/mol. The van der Waals surface area contributed by atoms with Crippen molar-refractivity contribution in [2.24, 2.45) is 23.7 Å². The minimum atomic E-state index is -1.00. The zero-order valence-corrected chi connectivity index (χ0v) is 18.9. The van der Waals surface area contributed by atoms with Crippen LogP contribution >= 0.6 is 0 Å². The molecule has 30 heavy (non-hydrogen) atoms. The van der Waals surface area contributed by atoms with Crippen molar-refractivity contribution in [2.45, 2.75) is 85.5 Å². The summed E-state index contributed by atoms with van der Waals surface area (Å²) in [6.45, 7) is 10.4. The van der Waals surface area contributed by atoms with Crippen molar-refractivity contribution in [3.05, 3.63) is 5.21 Å². The molecule has 0 aromatic heterocycles. The Morgan fingerprint density at radius 1 is 1.30 bits per heavy atom. The third-order valence-electron chi connectivity index (χ3n) is 5.97. The standard InChI is InChI=1S/C22H37NO7/c1-6-8-11-28-23(26)20(21(25)27-7-2)17-13-19(24)30-22(17)29-18-12-15(5)9-10-16(18)14(3)4/h14-18,22H,6-13H2,1-5H3/b23-20-/t15-,16+,17+,18-,22+/m0/s1. The van der Waals surface area contributed by atoms with Gasteiger partial charge in [-0.25, -0.2) is 4.79 Å². The van der Waals surface area contributed by atoms with Crippen molar-refractivity contribution in [3.8, 4) is 0 Å². The molecule has 0 spiro atoms. The molecule has 5 atom stereocenters. The Kier molecular flexibility index (Phi) is 9.39. The molecular formula is C22H37NO7. The molecule has 1 saturated heterocycles. The summed E-state index contributed by atoms with van der Waals surface area (Å²) < 4.78 is 16.8. The number of carbonyl (C=O) groups excluding carboxylic acids is 2. The molecule has 8 nitrogen and oxygen atoms in total. The van der Waals surface area contributed by atoms with Gasteiger partial charge in [0.2, 0.25) is 6.29 Å². The van der Waals surface area contributed by atoms with E-state index in [0.29, 0.717) is 24.2 Å². The van der Waals surface area contributed by atoms with E-state index in [-0.39, 0.29) is 36.4 Å². The minimum Gasteiger partial charge on any atom is -0.458 e. The van der Waals surface area contributed by atoms with Crippen molar-refractivity contribution in [1.29, 1.82) is 0 Å². The Morgan fingerprint density at radius 2 is 2.03 bits per heavy atom. The van der Waals surface area contributed by atoms with Gasteiger partial charge in [0.05, 0.1) is 25.7 Å². The van der Waals surface area contributed by atoms with Crippen LogP contribution in [0, 0.1) is 28.9 Å². The van der Waals surface area contributed by atoms with E-state index in [1.165, 1.54) is 0 Å². The second-order valence-electron chi connectivity index (χ2n) is 8.72. The predicted molar refractivity (Wildman–Crippen MR) is 110 cm³/mol. The summed E-state index contributed by atoms with van der Waals surface area (Å²) in [5.41, 5.74) is -0.270. The van der Waals surface area contributed by atoms with Gasteiger partial charge in [0.15, 0.2) is 0 Å². The quantitative estimate of drug-likeness (QED) is 0.173. The number of rotatable bonds is 10. The highest BCUT2D eigenvalue weighted by molar-refractivity contribution is 6.35. The summed E-state index contributed by atoms with van der Waals surface area (Å²) >= 11 is 0. The number of ether oxygens (including phenoxy) is 3. The van der Waals surface area contributed by atoms with Crippen LogP contribution in [0.15, 0.2) is 0 Å². The van der Waals surface area contributed by atoms with E-state index in [1.54, 1.807) is 6.92 Å². The van der Waals surface area contributed by atoms with Gasteiger partial charge >= 0.3 is 17.7 Å². The molecule has 172 valence electrons. The van der Waals surface area contributed by atoms with Gasteiger partial charge in [0.1, 0.15) is 5.92 Å². The summed E-state index contributed by atoms with van der Waals surface area (Å²) in [5, 5.41) is 12.6. The Bertz CT molecular complexity index is 619. The number of cyclic esters (lactones) is 1. The van der Waals surface area contributed by atoms with Gasteiger partial charge < -0.3 is 19.0 Å². The van der Waals surface area contributed by atoms with Crippen LogP contribution in [0.4, 0.5) is 0 Å². The summed E-state index contributed by atoms with van der Waals surface area (Å²) in [5.74, 6) is -0.920. The zero-order chi connectivity index (χ0) is 22.3. The Labute approximate surface area is 179 Å². The molecule has 1 aliphatic carbocycles.